The van der Waals surface area contributed by atoms with Crippen LogP contribution in [-0.2, 0) is 4.79 Å². The van der Waals surface area contributed by atoms with Crippen LogP contribution in [0.5, 0.6) is 0 Å². The third-order valence-corrected chi connectivity index (χ3v) is 5.57. The van der Waals surface area contributed by atoms with Gasteiger partial charge < -0.3 is 15.1 Å². The molecule has 5 heteroatoms. The van der Waals surface area contributed by atoms with E-state index in [4.69, 9.17) is 0 Å². The Hall–Kier alpha value is -2.04. The minimum atomic E-state index is 0.0271. The maximum Gasteiger partial charge on any atom is 0.256 e. The number of benzene rings is 1. The summed E-state index contributed by atoms with van der Waals surface area (Å²) in [5.74, 6) is 0.769. The Morgan fingerprint density at radius 2 is 1.79 bits per heavy atom. The molecule has 0 saturated carbocycles. The van der Waals surface area contributed by atoms with Gasteiger partial charge in [0.1, 0.15) is 0 Å². The van der Waals surface area contributed by atoms with Crippen molar-refractivity contribution in [2.45, 2.75) is 65.2 Å². The van der Waals surface area contributed by atoms with Crippen LogP contribution in [-0.4, -0.2) is 43.9 Å². The molecular weight excluding hydrogens is 350 g/mol. The Balaban J connectivity index is 2.03. The first kappa shape index (κ1) is 22.3. The number of nitrogens with one attached hydrogen (secondary N) is 1. The number of hydrogen-bond donors (Lipinski definition) is 1. The Morgan fingerprint density at radius 3 is 2.43 bits per heavy atom. The Kier molecular flexibility index (Phi) is 8.81. The van der Waals surface area contributed by atoms with E-state index < -0.39 is 0 Å². The molecule has 0 spiro atoms. The summed E-state index contributed by atoms with van der Waals surface area (Å²) in [4.78, 5) is 29.3. The van der Waals surface area contributed by atoms with Gasteiger partial charge in [0, 0.05) is 45.0 Å². The van der Waals surface area contributed by atoms with E-state index >= 15 is 0 Å². The van der Waals surface area contributed by atoms with Crippen molar-refractivity contribution in [2.24, 2.45) is 5.92 Å². The number of amides is 2. The van der Waals surface area contributed by atoms with Crippen LogP contribution in [0.3, 0.4) is 0 Å². The van der Waals surface area contributed by atoms with Gasteiger partial charge in [-0.15, -0.1) is 0 Å². The number of nitrogens with zero attached hydrogens (tertiary/aromatic N) is 2. The zero-order valence-corrected chi connectivity index (χ0v) is 18.1. The number of carbonyl (C=O) groups is 2. The van der Waals surface area contributed by atoms with Crippen molar-refractivity contribution < 1.29 is 9.59 Å². The van der Waals surface area contributed by atoms with Gasteiger partial charge in [-0.3, -0.25) is 9.59 Å². The van der Waals surface area contributed by atoms with Crippen molar-refractivity contribution in [3.8, 4) is 0 Å². The van der Waals surface area contributed by atoms with Gasteiger partial charge >= 0.3 is 0 Å². The van der Waals surface area contributed by atoms with Gasteiger partial charge in [0.2, 0.25) is 5.91 Å². The maximum atomic E-state index is 13.1. The second-order valence-corrected chi connectivity index (χ2v) is 8.31. The predicted molar refractivity (Wildman–Crippen MR) is 117 cm³/mol. The molecule has 5 nitrogen and oxygen atoms in total. The molecule has 2 rings (SSSR count). The molecule has 0 bridgehead atoms. The van der Waals surface area contributed by atoms with E-state index in [1.54, 1.807) is 0 Å². The molecule has 1 aliphatic heterocycles. The first-order valence-electron chi connectivity index (χ1n) is 10.8. The summed E-state index contributed by atoms with van der Waals surface area (Å²) >= 11 is 0. The van der Waals surface area contributed by atoms with Gasteiger partial charge in [-0.2, -0.15) is 0 Å². The van der Waals surface area contributed by atoms with E-state index in [1.807, 2.05) is 42.1 Å². The molecule has 1 N–H and O–H groups in total. The minimum absolute atomic E-state index is 0.0271. The van der Waals surface area contributed by atoms with Crippen LogP contribution in [0.2, 0.25) is 0 Å². The highest BCUT2D eigenvalue weighted by molar-refractivity contribution is 6.02. The molecule has 0 aromatic heterocycles. The van der Waals surface area contributed by atoms with Crippen LogP contribution in [0.4, 0.5) is 11.4 Å². The summed E-state index contributed by atoms with van der Waals surface area (Å²) in [6.45, 7) is 6.04. The van der Waals surface area contributed by atoms with Gasteiger partial charge in [0.15, 0.2) is 0 Å². The quantitative estimate of drug-likeness (QED) is 0.612. The molecule has 1 heterocycles. The number of likely N-dealkylation sites (tertiary alicyclic amines) is 1. The summed E-state index contributed by atoms with van der Waals surface area (Å²) in [6, 6.07) is 5.65. The predicted octanol–water partition coefficient (Wildman–Crippen LogP) is 4.92. The molecule has 28 heavy (non-hydrogen) atoms. The third kappa shape index (κ3) is 6.54. The molecule has 0 radical (unpaired) electrons. The summed E-state index contributed by atoms with van der Waals surface area (Å²) < 4.78 is 0. The van der Waals surface area contributed by atoms with Gasteiger partial charge in [-0.1, -0.05) is 39.5 Å². The summed E-state index contributed by atoms with van der Waals surface area (Å²) in [7, 11) is 3.89. The number of piperidine rings is 1. The van der Waals surface area contributed by atoms with Crippen molar-refractivity contribution in [2.75, 3.05) is 37.4 Å². The SMILES string of the molecule is CCCCCCCC(=O)Nc1ccc(N(C)C)c(C(=O)N2CCC(C)CC2)c1. The lowest BCUT2D eigenvalue weighted by atomic mass is 9.98. The van der Waals surface area contributed by atoms with Gasteiger partial charge in [-0.25, -0.2) is 0 Å². The van der Waals surface area contributed by atoms with Crippen molar-refractivity contribution >= 4 is 23.2 Å². The zero-order valence-electron chi connectivity index (χ0n) is 18.1. The highest BCUT2D eigenvalue weighted by Gasteiger charge is 2.24. The second-order valence-electron chi connectivity index (χ2n) is 8.31. The summed E-state index contributed by atoms with van der Waals surface area (Å²) in [5.41, 5.74) is 2.26. The minimum Gasteiger partial charge on any atom is -0.377 e. The molecule has 0 unspecified atom stereocenters. The van der Waals surface area contributed by atoms with Crippen LogP contribution in [0.25, 0.3) is 0 Å². The lowest BCUT2D eigenvalue weighted by molar-refractivity contribution is -0.116. The zero-order chi connectivity index (χ0) is 20.5. The van der Waals surface area contributed by atoms with Crippen LogP contribution in [0.1, 0.15) is 75.6 Å². The molecule has 1 fully saturated rings. The molecule has 2 amide bonds. The van der Waals surface area contributed by atoms with Crippen LogP contribution < -0.4 is 10.2 Å². The lowest BCUT2D eigenvalue weighted by Crippen LogP contribution is -2.38. The molecule has 1 aromatic rings. The molecule has 1 aliphatic rings. The second kappa shape index (κ2) is 11.1. The monoisotopic (exact) mass is 387 g/mol. The van der Waals surface area contributed by atoms with Crippen molar-refractivity contribution in [1.29, 1.82) is 0 Å². The topological polar surface area (TPSA) is 52.7 Å². The highest BCUT2D eigenvalue weighted by Crippen LogP contribution is 2.27. The number of anilines is 2. The fraction of sp³-hybridized carbons (Fsp3) is 0.652. The molecule has 1 saturated heterocycles. The fourth-order valence-electron chi connectivity index (χ4n) is 3.67. The largest absolute Gasteiger partial charge is 0.377 e. The number of unbranched alkanes of at least 4 members (excludes halogenated alkanes) is 4. The Labute approximate surface area is 170 Å². The molecule has 0 aliphatic carbocycles. The number of rotatable bonds is 9. The average Bonchev–Trinajstić information content (AvgIpc) is 2.67. The maximum absolute atomic E-state index is 13.1. The average molecular weight is 388 g/mol. The number of hydrogen-bond acceptors (Lipinski definition) is 3. The number of carbonyl (C=O) groups excluding carboxylic acids is 2. The lowest BCUT2D eigenvalue weighted by Gasteiger charge is -2.31. The summed E-state index contributed by atoms with van der Waals surface area (Å²) in [6.07, 6.45) is 8.28. The first-order chi connectivity index (χ1) is 13.4. The van der Waals surface area contributed by atoms with Crippen molar-refractivity contribution in [3.05, 3.63) is 23.8 Å². The van der Waals surface area contributed by atoms with E-state index in [0.717, 1.165) is 44.5 Å². The van der Waals surface area contributed by atoms with Gasteiger partial charge in [0.05, 0.1) is 5.56 Å². The third-order valence-electron chi connectivity index (χ3n) is 5.57. The fourth-order valence-corrected chi connectivity index (χ4v) is 3.67. The first-order valence-corrected chi connectivity index (χ1v) is 10.8. The molecular formula is C23H37N3O2. The highest BCUT2D eigenvalue weighted by atomic mass is 16.2. The standard InChI is InChI=1S/C23H37N3O2/c1-5-6-7-8-9-10-22(27)24-19-11-12-21(25(3)4)20(17-19)23(28)26-15-13-18(2)14-16-26/h11-12,17-18H,5-10,13-16H2,1-4H3,(H,24,27). The van der Waals surface area contributed by atoms with Crippen molar-refractivity contribution in [1.82, 2.24) is 4.90 Å². The van der Waals surface area contributed by atoms with Crippen LogP contribution in [0, 0.1) is 5.92 Å². The van der Waals surface area contributed by atoms with E-state index in [9.17, 15) is 9.59 Å². The van der Waals surface area contributed by atoms with Gasteiger partial charge in [0.25, 0.3) is 5.91 Å². The Bertz CT molecular complexity index is 649. The van der Waals surface area contributed by atoms with Crippen LogP contribution >= 0.6 is 0 Å². The molecule has 1 aromatic carbocycles. The van der Waals surface area contributed by atoms with Gasteiger partial charge in [-0.05, 0) is 43.4 Å². The smallest absolute Gasteiger partial charge is 0.256 e. The van der Waals surface area contributed by atoms with E-state index in [1.165, 1.54) is 19.3 Å². The Morgan fingerprint density at radius 1 is 1.11 bits per heavy atom. The van der Waals surface area contributed by atoms with E-state index in [2.05, 4.69) is 19.2 Å². The summed E-state index contributed by atoms with van der Waals surface area (Å²) in [5, 5.41) is 2.98. The van der Waals surface area contributed by atoms with Crippen molar-refractivity contribution in [3.63, 3.8) is 0 Å². The molecule has 0 atom stereocenters. The van der Waals surface area contributed by atoms with E-state index in [0.29, 0.717) is 23.6 Å². The molecule has 156 valence electrons. The van der Waals surface area contributed by atoms with Crippen LogP contribution in [0.15, 0.2) is 18.2 Å². The van der Waals surface area contributed by atoms with E-state index in [-0.39, 0.29) is 11.8 Å². The normalized spacial score (nSPS) is 14.8.